The molecule has 0 fully saturated rings. The third-order valence-corrected chi connectivity index (χ3v) is 2.49. The van der Waals surface area contributed by atoms with Gasteiger partial charge in [0.1, 0.15) is 6.07 Å². The van der Waals surface area contributed by atoms with Gasteiger partial charge in [-0.1, -0.05) is 19.1 Å². The van der Waals surface area contributed by atoms with Crippen molar-refractivity contribution in [1.29, 1.82) is 5.26 Å². The first-order chi connectivity index (χ1) is 8.58. The van der Waals surface area contributed by atoms with Crippen LogP contribution in [0.15, 0.2) is 24.3 Å². The Labute approximate surface area is 106 Å². The predicted molar refractivity (Wildman–Crippen MR) is 67.7 cm³/mol. The Morgan fingerprint density at radius 3 is 2.61 bits per heavy atom. The van der Waals surface area contributed by atoms with Gasteiger partial charge in [-0.3, -0.25) is 9.59 Å². The van der Waals surface area contributed by atoms with Crippen LogP contribution in [0.25, 0.3) is 0 Å². The maximum absolute atomic E-state index is 11.6. The van der Waals surface area contributed by atoms with Gasteiger partial charge in [-0.25, -0.2) is 0 Å². The molecule has 0 aliphatic heterocycles. The van der Waals surface area contributed by atoms with Crippen LogP contribution in [0.1, 0.15) is 25.8 Å². The quantitative estimate of drug-likeness (QED) is 0.790. The number of nitriles is 1. The minimum atomic E-state index is -0.766. The second-order valence-corrected chi connectivity index (χ2v) is 3.89. The Hall–Kier alpha value is -2.35. The molecule has 0 aliphatic carbocycles. The van der Waals surface area contributed by atoms with E-state index in [9.17, 15) is 9.59 Å². The number of para-hydroxylation sites is 1. The van der Waals surface area contributed by atoms with Crippen molar-refractivity contribution >= 4 is 17.5 Å². The molecular weight excluding hydrogens is 230 g/mol. The van der Waals surface area contributed by atoms with Gasteiger partial charge < -0.3 is 10.6 Å². The summed E-state index contributed by atoms with van der Waals surface area (Å²) in [5, 5.41) is 13.8. The number of rotatable bonds is 3. The summed E-state index contributed by atoms with van der Waals surface area (Å²) in [5.41, 5.74) is 0.659. The summed E-state index contributed by atoms with van der Waals surface area (Å²) in [7, 11) is 0. The lowest BCUT2D eigenvalue weighted by atomic mass is 10.2. The van der Waals surface area contributed by atoms with Gasteiger partial charge in [0, 0.05) is 6.04 Å². The van der Waals surface area contributed by atoms with Crippen LogP contribution in [-0.4, -0.2) is 17.9 Å². The Bertz CT molecular complexity index is 491. The van der Waals surface area contributed by atoms with Gasteiger partial charge in [0.25, 0.3) is 0 Å². The SMILES string of the molecule is CCC(C)NC(=O)C(=O)Nc1ccccc1C#N. The molecule has 5 heteroatoms. The van der Waals surface area contributed by atoms with E-state index in [1.807, 2.05) is 19.9 Å². The average Bonchev–Trinajstić information content (AvgIpc) is 2.39. The second-order valence-electron chi connectivity index (χ2n) is 3.89. The molecule has 1 atom stereocenters. The predicted octanol–water partition coefficient (Wildman–Crippen LogP) is 1.41. The smallest absolute Gasteiger partial charge is 0.313 e. The van der Waals surface area contributed by atoms with Crippen LogP contribution in [0, 0.1) is 11.3 Å². The highest BCUT2D eigenvalue weighted by Crippen LogP contribution is 2.13. The maximum Gasteiger partial charge on any atom is 0.313 e. The largest absolute Gasteiger partial charge is 0.345 e. The van der Waals surface area contributed by atoms with E-state index >= 15 is 0 Å². The van der Waals surface area contributed by atoms with E-state index in [0.29, 0.717) is 11.3 Å². The fraction of sp³-hybridized carbons (Fsp3) is 0.308. The zero-order valence-corrected chi connectivity index (χ0v) is 10.4. The van der Waals surface area contributed by atoms with Crippen molar-refractivity contribution < 1.29 is 9.59 Å². The van der Waals surface area contributed by atoms with Crippen molar-refractivity contribution in [3.8, 4) is 6.07 Å². The Kier molecular flexibility index (Phi) is 4.88. The summed E-state index contributed by atoms with van der Waals surface area (Å²) in [6.07, 6.45) is 0.744. The summed E-state index contributed by atoms with van der Waals surface area (Å²) in [6, 6.07) is 8.40. The van der Waals surface area contributed by atoms with Gasteiger partial charge in [0.2, 0.25) is 0 Å². The third kappa shape index (κ3) is 3.59. The van der Waals surface area contributed by atoms with Crippen molar-refractivity contribution in [2.24, 2.45) is 0 Å². The van der Waals surface area contributed by atoms with Gasteiger partial charge >= 0.3 is 11.8 Å². The lowest BCUT2D eigenvalue weighted by molar-refractivity contribution is -0.136. The van der Waals surface area contributed by atoms with Gasteiger partial charge in [0.15, 0.2) is 0 Å². The minimum absolute atomic E-state index is 0.0607. The molecule has 1 rings (SSSR count). The molecule has 0 aliphatic rings. The Morgan fingerprint density at radius 2 is 2.00 bits per heavy atom. The topological polar surface area (TPSA) is 82.0 Å². The molecule has 1 aromatic carbocycles. The molecule has 0 spiro atoms. The standard InChI is InChI=1S/C13H15N3O2/c1-3-9(2)15-12(17)13(18)16-11-7-5-4-6-10(11)8-14/h4-7,9H,3H2,1-2H3,(H,15,17)(H,16,18). The number of carbonyl (C=O) groups excluding carboxylic acids is 2. The van der Waals surface area contributed by atoms with E-state index in [0.717, 1.165) is 6.42 Å². The van der Waals surface area contributed by atoms with E-state index in [4.69, 9.17) is 5.26 Å². The van der Waals surface area contributed by atoms with Crippen LogP contribution in [0.3, 0.4) is 0 Å². The molecule has 1 unspecified atom stereocenters. The molecule has 0 saturated heterocycles. The van der Waals surface area contributed by atoms with Crippen molar-refractivity contribution in [1.82, 2.24) is 5.32 Å². The first-order valence-electron chi connectivity index (χ1n) is 5.69. The molecular formula is C13H15N3O2. The molecule has 0 heterocycles. The molecule has 2 N–H and O–H groups in total. The summed E-state index contributed by atoms with van der Waals surface area (Å²) in [5.74, 6) is -1.46. The second kappa shape index (κ2) is 6.40. The fourth-order valence-electron chi connectivity index (χ4n) is 1.26. The Morgan fingerprint density at radius 1 is 1.33 bits per heavy atom. The van der Waals surface area contributed by atoms with E-state index in [2.05, 4.69) is 10.6 Å². The summed E-state index contributed by atoms with van der Waals surface area (Å²) >= 11 is 0. The molecule has 94 valence electrons. The van der Waals surface area contributed by atoms with Crippen LogP contribution >= 0.6 is 0 Å². The van der Waals surface area contributed by atoms with Gasteiger partial charge in [0.05, 0.1) is 11.3 Å². The van der Waals surface area contributed by atoms with Gasteiger partial charge in [-0.05, 0) is 25.5 Å². The molecule has 0 radical (unpaired) electrons. The zero-order chi connectivity index (χ0) is 13.5. The number of hydrogen-bond donors (Lipinski definition) is 2. The van der Waals surface area contributed by atoms with Crippen molar-refractivity contribution in [3.63, 3.8) is 0 Å². The summed E-state index contributed by atoms with van der Waals surface area (Å²) in [4.78, 5) is 23.1. The molecule has 18 heavy (non-hydrogen) atoms. The first kappa shape index (κ1) is 13.7. The van der Waals surface area contributed by atoms with Crippen molar-refractivity contribution in [3.05, 3.63) is 29.8 Å². The normalized spacial score (nSPS) is 11.2. The first-order valence-corrected chi connectivity index (χ1v) is 5.69. The van der Waals surface area contributed by atoms with Crippen LogP contribution < -0.4 is 10.6 Å². The third-order valence-electron chi connectivity index (χ3n) is 2.49. The number of nitrogens with zero attached hydrogens (tertiary/aromatic N) is 1. The number of hydrogen-bond acceptors (Lipinski definition) is 3. The lowest BCUT2D eigenvalue weighted by Gasteiger charge is -2.11. The van der Waals surface area contributed by atoms with Crippen LogP contribution in [0.5, 0.6) is 0 Å². The van der Waals surface area contributed by atoms with Crippen LogP contribution in [0.2, 0.25) is 0 Å². The van der Waals surface area contributed by atoms with Crippen LogP contribution in [0.4, 0.5) is 5.69 Å². The number of anilines is 1. The van der Waals surface area contributed by atoms with E-state index in [1.54, 1.807) is 24.3 Å². The molecule has 1 aromatic rings. The number of carbonyl (C=O) groups is 2. The number of nitrogens with one attached hydrogen (secondary N) is 2. The molecule has 0 saturated carbocycles. The summed E-state index contributed by atoms with van der Waals surface area (Å²) < 4.78 is 0. The van der Waals surface area contributed by atoms with Gasteiger partial charge in [-0.15, -0.1) is 0 Å². The van der Waals surface area contributed by atoms with Crippen molar-refractivity contribution in [2.45, 2.75) is 26.3 Å². The van der Waals surface area contributed by atoms with Gasteiger partial charge in [-0.2, -0.15) is 5.26 Å². The number of benzene rings is 1. The molecule has 2 amide bonds. The monoisotopic (exact) mass is 245 g/mol. The van der Waals surface area contributed by atoms with E-state index < -0.39 is 11.8 Å². The minimum Gasteiger partial charge on any atom is -0.345 e. The van der Waals surface area contributed by atoms with Crippen LogP contribution in [-0.2, 0) is 9.59 Å². The fourth-order valence-corrected chi connectivity index (χ4v) is 1.26. The van der Waals surface area contributed by atoms with E-state index in [1.165, 1.54) is 0 Å². The molecule has 0 bridgehead atoms. The molecule has 5 nitrogen and oxygen atoms in total. The number of amides is 2. The van der Waals surface area contributed by atoms with Crippen molar-refractivity contribution in [2.75, 3.05) is 5.32 Å². The average molecular weight is 245 g/mol. The van der Waals surface area contributed by atoms with E-state index in [-0.39, 0.29) is 6.04 Å². The molecule has 0 aromatic heterocycles. The highest BCUT2D eigenvalue weighted by Gasteiger charge is 2.16. The maximum atomic E-state index is 11.6. The summed E-state index contributed by atoms with van der Waals surface area (Å²) in [6.45, 7) is 3.72. The zero-order valence-electron chi connectivity index (χ0n) is 10.4. The lowest BCUT2D eigenvalue weighted by Crippen LogP contribution is -2.40. The Balaban J connectivity index is 2.70. The highest BCUT2D eigenvalue weighted by atomic mass is 16.2. The highest BCUT2D eigenvalue weighted by molar-refractivity contribution is 6.39.